The van der Waals surface area contributed by atoms with Gasteiger partial charge in [0.05, 0.1) is 12.0 Å². The highest BCUT2D eigenvalue weighted by Crippen LogP contribution is 2.27. The van der Waals surface area contributed by atoms with Crippen molar-refractivity contribution in [1.82, 2.24) is 4.31 Å². The third-order valence-corrected chi connectivity index (χ3v) is 5.92. The van der Waals surface area contributed by atoms with Gasteiger partial charge in [-0.05, 0) is 62.4 Å². The van der Waals surface area contributed by atoms with Crippen LogP contribution in [0.2, 0.25) is 0 Å². The van der Waals surface area contributed by atoms with Crippen LogP contribution in [-0.4, -0.2) is 39.5 Å². The van der Waals surface area contributed by atoms with Gasteiger partial charge in [-0.1, -0.05) is 0 Å². The third kappa shape index (κ3) is 3.56. The molecule has 0 aromatic heterocycles. The van der Waals surface area contributed by atoms with Crippen LogP contribution in [0.25, 0.3) is 0 Å². The number of methoxy groups -OCH3 is 1. The van der Waals surface area contributed by atoms with E-state index in [0.29, 0.717) is 36.2 Å². The predicted molar refractivity (Wildman–Crippen MR) is 82.9 cm³/mol. The molecule has 0 radical (unpaired) electrons. The highest BCUT2D eigenvalue weighted by molar-refractivity contribution is 7.89. The van der Waals surface area contributed by atoms with Crippen LogP contribution < -0.4 is 10.5 Å². The van der Waals surface area contributed by atoms with Crippen LogP contribution in [0.5, 0.6) is 5.75 Å². The molecule has 1 aliphatic heterocycles. The zero-order valence-corrected chi connectivity index (χ0v) is 13.5. The predicted octanol–water partition coefficient (Wildman–Crippen LogP) is 1.75. The Morgan fingerprint density at radius 1 is 1.43 bits per heavy atom. The van der Waals surface area contributed by atoms with Crippen LogP contribution in [0.15, 0.2) is 23.1 Å². The van der Waals surface area contributed by atoms with E-state index in [1.54, 1.807) is 29.6 Å². The van der Waals surface area contributed by atoms with Crippen molar-refractivity contribution in [3.8, 4) is 5.75 Å². The summed E-state index contributed by atoms with van der Waals surface area (Å²) in [4.78, 5) is 0.342. The minimum absolute atomic E-state index is 0.342. The van der Waals surface area contributed by atoms with E-state index in [2.05, 4.69) is 0 Å². The summed E-state index contributed by atoms with van der Waals surface area (Å²) in [5.41, 5.74) is 6.42. The number of rotatable bonds is 5. The van der Waals surface area contributed by atoms with E-state index >= 15 is 0 Å². The monoisotopic (exact) mass is 312 g/mol. The van der Waals surface area contributed by atoms with Crippen LogP contribution in [0, 0.1) is 12.8 Å². The normalized spacial score (nSPS) is 20.4. The molecule has 0 amide bonds. The van der Waals surface area contributed by atoms with Crippen molar-refractivity contribution in [2.45, 2.75) is 31.1 Å². The molecule has 1 atom stereocenters. The molecule has 1 unspecified atom stereocenters. The Balaban J connectivity index is 2.23. The minimum Gasteiger partial charge on any atom is -0.496 e. The van der Waals surface area contributed by atoms with Crippen molar-refractivity contribution in [1.29, 1.82) is 0 Å². The lowest BCUT2D eigenvalue weighted by Crippen LogP contribution is -2.40. The van der Waals surface area contributed by atoms with Crippen molar-refractivity contribution in [3.05, 3.63) is 23.8 Å². The van der Waals surface area contributed by atoms with Crippen molar-refractivity contribution in [3.63, 3.8) is 0 Å². The number of sulfonamides is 1. The number of piperidine rings is 1. The fourth-order valence-electron chi connectivity index (χ4n) is 2.88. The van der Waals surface area contributed by atoms with E-state index < -0.39 is 10.0 Å². The van der Waals surface area contributed by atoms with Gasteiger partial charge in [-0.15, -0.1) is 0 Å². The summed E-state index contributed by atoms with van der Waals surface area (Å²) in [6.45, 7) is 3.63. The topological polar surface area (TPSA) is 72.6 Å². The maximum Gasteiger partial charge on any atom is 0.243 e. The van der Waals surface area contributed by atoms with Gasteiger partial charge in [0.2, 0.25) is 10.0 Å². The molecule has 0 saturated carbocycles. The summed E-state index contributed by atoms with van der Waals surface area (Å²) in [5, 5.41) is 0. The number of nitrogens with zero attached hydrogens (tertiary/aromatic N) is 1. The molecule has 1 heterocycles. The molecule has 1 aromatic carbocycles. The number of hydrogen-bond acceptors (Lipinski definition) is 4. The lowest BCUT2D eigenvalue weighted by Gasteiger charge is -2.31. The van der Waals surface area contributed by atoms with Crippen molar-refractivity contribution in [2.24, 2.45) is 11.7 Å². The van der Waals surface area contributed by atoms with E-state index in [4.69, 9.17) is 10.5 Å². The van der Waals surface area contributed by atoms with Crippen LogP contribution in [0.4, 0.5) is 0 Å². The number of aryl methyl sites for hydroxylation is 1. The second-order valence-corrected chi connectivity index (χ2v) is 7.52. The summed E-state index contributed by atoms with van der Waals surface area (Å²) < 4.78 is 32.3. The van der Waals surface area contributed by atoms with E-state index in [-0.39, 0.29) is 0 Å². The van der Waals surface area contributed by atoms with Crippen LogP contribution >= 0.6 is 0 Å². The zero-order chi connectivity index (χ0) is 15.5. The molecule has 1 aliphatic rings. The van der Waals surface area contributed by atoms with E-state index in [0.717, 1.165) is 24.8 Å². The summed E-state index contributed by atoms with van der Waals surface area (Å²) in [6, 6.07) is 5.01. The Labute approximate surface area is 127 Å². The second-order valence-electron chi connectivity index (χ2n) is 5.58. The van der Waals surface area contributed by atoms with E-state index in [9.17, 15) is 8.42 Å². The molecule has 2 N–H and O–H groups in total. The smallest absolute Gasteiger partial charge is 0.243 e. The lowest BCUT2D eigenvalue weighted by atomic mass is 9.96. The summed E-state index contributed by atoms with van der Waals surface area (Å²) in [7, 11) is -1.84. The van der Waals surface area contributed by atoms with Gasteiger partial charge in [0.1, 0.15) is 5.75 Å². The first-order valence-electron chi connectivity index (χ1n) is 7.34. The minimum atomic E-state index is -3.42. The molecule has 0 spiro atoms. The molecular formula is C15H24N2O3S. The quantitative estimate of drug-likeness (QED) is 0.899. The van der Waals surface area contributed by atoms with Crippen molar-refractivity contribution < 1.29 is 13.2 Å². The summed E-state index contributed by atoms with van der Waals surface area (Å²) >= 11 is 0. The average Bonchev–Trinajstić information content (AvgIpc) is 2.48. The lowest BCUT2D eigenvalue weighted by molar-refractivity contribution is 0.258. The molecule has 5 nitrogen and oxygen atoms in total. The Bertz CT molecular complexity index is 585. The first kappa shape index (κ1) is 16.3. The van der Waals surface area contributed by atoms with Crippen LogP contribution in [-0.2, 0) is 10.0 Å². The van der Waals surface area contributed by atoms with Gasteiger partial charge in [-0.25, -0.2) is 8.42 Å². The van der Waals surface area contributed by atoms with E-state index in [1.807, 2.05) is 6.92 Å². The molecule has 1 saturated heterocycles. The van der Waals surface area contributed by atoms with Gasteiger partial charge in [0, 0.05) is 13.1 Å². The van der Waals surface area contributed by atoms with E-state index in [1.165, 1.54) is 0 Å². The van der Waals surface area contributed by atoms with Crippen molar-refractivity contribution >= 4 is 10.0 Å². The first-order valence-corrected chi connectivity index (χ1v) is 8.78. The number of benzene rings is 1. The number of hydrogen-bond donors (Lipinski definition) is 1. The Kier molecular flexibility index (Phi) is 5.24. The van der Waals surface area contributed by atoms with Gasteiger partial charge in [0.25, 0.3) is 0 Å². The SMILES string of the molecule is COc1ccc(S(=O)(=O)N2CCCC(CCN)C2)cc1C. The molecule has 2 rings (SSSR count). The van der Waals surface area contributed by atoms with Gasteiger partial charge >= 0.3 is 0 Å². The molecular weight excluding hydrogens is 288 g/mol. The summed E-state index contributed by atoms with van der Waals surface area (Å²) in [6.07, 6.45) is 2.84. The molecule has 1 aromatic rings. The molecule has 0 bridgehead atoms. The van der Waals surface area contributed by atoms with Gasteiger partial charge < -0.3 is 10.5 Å². The summed E-state index contributed by atoms with van der Waals surface area (Å²) in [5.74, 6) is 1.08. The molecule has 118 valence electrons. The molecule has 0 aliphatic carbocycles. The maximum atomic E-state index is 12.7. The third-order valence-electron chi connectivity index (χ3n) is 4.06. The fraction of sp³-hybridized carbons (Fsp3) is 0.600. The Hall–Kier alpha value is -1.11. The van der Waals surface area contributed by atoms with Crippen LogP contribution in [0.3, 0.4) is 0 Å². The molecule has 21 heavy (non-hydrogen) atoms. The maximum absolute atomic E-state index is 12.7. The molecule has 6 heteroatoms. The van der Waals surface area contributed by atoms with Crippen LogP contribution in [0.1, 0.15) is 24.8 Å². The van der Waals surface area contributed by atoms with Gasteiger partial charge in [-0.2, -0.15) is 4.31 Å². The standard InChI is InChI=1S/C15H24N2O3S/c1-12-10-14(5-6-15(12)20-2)21(18,19)17-9-3-4-13(11-17)7-8-16/h5-6,10,13H,3-4,7-9,11,16H2,1-2H3. The number of ether oxygens (including phenoxy) is 1. The fourth-order valence-corrected chi connectivity index (χ4v) is 4.52. The van der Waals surface area contributed by atoms with Crippen molar-refractivity contribution in [2.75, 3.05) is 26.7 Å². The Morgan fingerprint density at radius 3 is 2.81 bits per heavy atom. The van der Waals surface area contributed by atoms with Gasteiger partial charge in [0.15, 0.2) is 0 Å². The number of nitrogens with two attached hydrogens (primary N) is 1. The average molecular weight is 312 g/mol. The first-order chi connectivity index (χ1) is 9.98. The van der Waals surface area contributed by atoms with Gasteiger partial charge in [-0.3, -0.25) is 0 Å². The largest absolute Gasteiger partial charge is 0.496 e. The highest BCUT2D eigenvalue weighted by Gasteiger charge is 2.30. The zero-order valence-electron chi connectivity index (χ0n) is 12.7. The molecule has 1 fully saturated rings. The Morgan fingerprint density at radius 2 is 2.19 bits per heavy atom. The second kappa shape index (κ2) is 6.77. The highest BCUT2D eigenvalue weighted by atomic mass is 32.2.